The first-order valence-corrected chi connectivity index (χ1v) is 7.70. The number of halogens is 3. The molecule has 1 rings (SSSR count). The topological polar surface area (TPSA) is 73.9 Å². The molecular weight excluding hydrogens is 281 g/mol. The second-order valence-electron chi connectivity index (χ2n) is 5.93. The Morgan fingerprint density at radius 1 is 1.24 bits per heavy atom. The van der Waals surface area contributed by atoms with Gasteiger partial charge in [-0.2, -0.15) is 13.2 Å². The van der Waals surface area contributed by atoms with E-state index in [9.17, 15) is 13.2 Å². The fourth-order valence-electron chi connectivity index (χ4n) is 2.89. The molecule has 1 aliphatic carbocycles. The number of hydrogen-bond donors (Lipinski definition) is 4. The molecule has 7 heteroatoms. The summed E-state index contributed by atoms with van der Waals surface area (Å²) < 4.78 is 38.8. The molecule has 0 aromatic carbocycles. The van der Waals surface area contributed by atoms with Crippen molar-refractivity contribution in [1.82, 2.24) is 10.6 Å². The highest BCUT2D eigenvalue weighted by atomic mass is 19.4. The monoisotopic (exact) mass is 308 g/mol. The van der Waals surface area contributed by atoms with E-state index < -0.39 is 12.2 Å². The van der Waals surface area contributed by atoms with Crippen LogP contribution in [0.1, 0.15) is 45.4 Å². The predicted octanol–water partition coefficient (Wildman–Crippen LogP) is 2.60. The van der Waals surface area contributed by atoms with E-state index in [1.807, 2.05) is 0 Å². The SMILES string of the molecule is CCC1CCC(CNC(CCNC(=N)N)C(F)(F)F)CC1. The number of nitrogens with two attached hydrogens (primary N) is 1. The van der Waals surface area contributed by atoms with Crippen molar-refractivity contribution in [2.45, 2.75) is 57.7 Å². The molecule has 0 aliphatic heterocycles. The van der Waals surface area contributed by atoms with Crippen LogP contribution in [0.2, 0.25) is 0 Å². The normalized spacial score (nSPS) is 24.6. The molecule has 21 heavy (non-hydrogen) atoms. The fraction of sp³-hybridized carbons (Fsp3) is 0.929. The molecule has 0 saturated heterocycles. The summed E-state index contributed by atoms with van der Waals surface area (Å²) in [5, 5.41) is 12.0. The van der Waals surface area contributed by atoms with Crippen molar-refractivity contribution >= 4 is 5.96 Å². The van der Waals surface area contributed by atoms with Crippen molar-refractivity contribution in [3.8, 4) is 0 Å². The lowest BCUT2D eigenvalue weighted by molar-refractivity contribution is -0.157. The van der Waals surface area contributed by atoms with Crippen LogP contribution in [-0.2, 0) is 0 Å². The molecule has 0 bridgehead atoms. The van der Waals surface area contributed by atoms with Gasteiger partial charge in [0, 0.05) is 6.54 Å². The highest BCUT2D eigenvalue weighted by Gasteiger charge is 2.39. The summed E-state index contributed by atoms with van der Waals surface area (Å²) in [5.74, 6) is 0.798. The lowest BCUT2D eigenvalue weighted by atomic mass is 9.81. The first-order chi connectivity index (χ1) is 9.82. The zero-order chi connectivity index (χ0) is 15.9. The number of rotatable bonds is 7. The van der Waals surface area contributed by atoms with E-state index in [1.54, 1.807) is 0 Å². The molecule has 1 fully saturated rings. The van der Waals surface area contributed by atoms with Gasteiger partial charge < -0.3 is 16.4 Å². The second-order valence-corrected chi connectivity index (χ2v) is 5.93. The Labute approximate surface area is 124 Å². The van der Waals surface area contributed by atoms with E-state index in [0.717, 1.165) is 31.6 Å². The third kappa shape index (κ3) is 7.02. The average Bonchev–Trinajstić information content (AvgIpc) is 2.41. The van der Waals surface area contributed by atoms with Crippen molar-refractivity contribution in [3.05, 3.63) is 0 Å². The maximum absolute atomic E-state index is 12.9. The summed E-state index contributed by atoms with van der Waals surface area (Å²) >= 11 is 0. The van der Waals surface area contributed by atoms with Crippen LogP contribution in [0.5, 0.6) is 0 Å². The number of guanidine groups is 1. The average molecular weight is 308 g/mol. The van der Waals surface area contributed by atoms with Gasteiger partial charge in [0.25, 0.3) is 0 Å². The van der Waals surface area contributed by atoms with Crippen LogP contribution < -0.4 is 16.4 Å². The summed E-state index contributed by atoms with van der Waals surface area (Å²) in [6, 6.07) is -1.53. The van der Waals surface area contributed by atoms with Gasteiger partial charge in [-0.1, -0.05) is 26.2 Å². The summed E-state index contributed by atoms with van der Waals surface area (Å²) in [4.78, 5) is 0. The maximum Gasteiger partial charge on any atom is 0.403 e. The second kappa shape index (κ2) is 8.46. The van der Waals surface area contributed by atoms with Gasteiger partial charge in [-0.15, -0.1) is 0 Å². The molecule has 1 saturated carbocycles. The van der Waals surface area contributed by atoms with Crippen LogP contribution in [0.25, 0.3) is 0 Å². The van der Waals surface area contributed by atoms with E-state index in [1.165, 1.54) is 6.42 Å². The quantitative estimate of drug-likeness (QED) is 0.431. The zero-order valence-corrected chi connectivity index (χ0v) is 12.6. The van der Waals surface area contributed by atoms with Crippen LogP contribution in [0.15, 0.2) is 0 Å². The van der Waals surface area contributed by atoms with Crippen molar-refractivity contribution in [2.24, 2.45) is 17.6 Å². The Kier molecular flexibility index (Phi) is 7.28. The summed E-state index contributed by atoms with van der Waals surface area (Å²) in [5.41, 5.74) is 5.08. The number of nitrogens with one attached hydrogen (secondary N) is 3. The van der Waals surface area contributed by atoms with E-state index in [4.69, 9.17) is 11.1 Å². The minimum absolute atomic E-state index is 0.0507. The van der Waals surface area contributed by atoms with Crippen molar-refractivity contribution in [1.29, 1.82) is 5.41 Å². The highest BCUT2D eigenvalue weighted by molar-refractivity contribution is 5.74. The Morgan fingerprint density at radius 2 is 1.81 bits per heavy atom. The lowest BCUT2D eigenvalue weighted by Gasteiger charge is -2.30. The number of alkyl halides is 3. The Bertz CT molecular complexity index is 312. The number of hydrogen-bond acceptors (Lipinski definition) is 2. The van der Waals surface area contributed by atoms with Crippen molar-refractivity contribution in [3.63, 3.8) is 0 Å². The molecule has 0 heterocycles. The van der Waals surface area contributed by atoms with Gasteiger partial charge in [0.2, 0.25) is 0 Å². The minimum atomic E-state index is -4.26. The molecule has 0 spiro atoms. The minimum Gasteiger partial charge on any atom is -0.370 e. The molecule has 124 valence electrons. The van der Waals surface area contributed by atoms with Gasteiger partial charge in [-0.3, -0.25) is 5.41 Å². The molecule has 1 unspecified atom stereocenters. The first kappa shape index (κ1) is 18.1. The third-order valence-electron chi connectivity index (χ3n) is 4.34. The first-order valence-electron chi connectivity index (χ1n) is 7.70. The van der Waals surface area contributed by atoms with Crippen LogP contribution in [-0.4, -0.2) is 31.3 Å². The van der Waals surface area contributed by atoms with Gasteiger partial charge in [-0.05, 0) is 37.6 Å². The van der Waals surface area contributed by atoms with E-state index in [2.05, 4.69) is 17.6 Å². The smallest absolute Gasteiger partial charge is 0.370 e. The fourth-order valence-corrected chi connectivity index (χ4v) is 2.89. The molecule has 5 N–H and O–H groups in total. The third-order valence-corrected chi connectivity index (χ3v) is 4.34. The van der Waals surface area contributed by atoms with E-state index >= 15 is 0 Å². The van der Waals surface area contributed by atoms with Crippen molar-refractivity contribution < 1.29 is 13.2 Å². The summed E-state index contributed by atoms with van der Waals surface area (Å²) in [6.45, 7) is 2.64. The predicted molar refractivity (Wildman–Crippen MR) is 78.1 cm³/mol. The standard InChI is InChI=1S/C14H27F3N4/c1-2-10-3-5-11(6-4-10)9-21-12(14(15,16)17)7-8-20-13(18)19/h10-12,21H,2-9H2,1H3,(H4,18,19,20). The molecular formula is C14H27F3N4. The molecule has 4 nitrogen and oxygen atoms in total. The summed E-state index contributed by atoms with van der Waals surface area (Å²) in [7, 11) is 0. The molecule has 0 aromatic heterocycles. The molecule has 1 aliphatic rings. The lowest BCUT2D eigenvalue weighted by Crippen LogP contribution is -2.46. The van der Waals surface area contributed by atoms with Gasteiger partial charge in [-0.25, -0.2) is 0 Å². The zero-order valence-electron chi connectivity index (χ0n) is 12.6. The van der Waals surface area contributed by atoms with Gasteiger partial charge in [0.05, 0.1) is 0 Å². The Morgan fingerprint density at radius 3 is 2.29 bits per heavy atom. The van der Waals surface area contributed by atoms with Crippen LogP contribution in [0.4, 0.5) is 13.2 Å². The van der Waals surface area contributed by atoms with Crippen LogP contribution >= 0.6 is 0 Å². The maximum atomic E-state index is 12.9. The van der Waals surface area contributed by atoms with Crippen molar-refractivity contribution in [2.75, 3.05) is 13.1 Å². The largest absolute Gasteiger partial charge is 0.403 e. The molecule has 0 aromatic rings. The molecule has 0 radical (unpaired) electrons. The highest BCUT2D eigenvalue weighted by Crippen LogP contribution is 2.31. The van der Waals surface area contributed by atoms with Gasteiger partial charge in [0.15, 0.2) is 5.96 Å². The van der Waals surface area contributed by atoms with Crippen LogP contribution in [0.3, 0.4) is 0 Å². The summed E-state index contributed by atoms with van der Waals surface area (Å²) in [6.07, 6.45) is 1.08. The Hall–Kier alpha value is -0.980. The van der Waals surface area contributed by atoms with E-state index in [-0.39, 0.29) is 18.9 Å². The van der Waals surface area contributed by atoms with Crippen LogP contribution in [0, 0.1) is 17.2 Å². The van der Waals surface area contributed by atoms with Gasteiger partial charge >= 0.3 is 6.18 Å². The molecule has 0 amide bonds. The molecule has 1 atom stereocenters. The Balaban J connectivity index is 2.34. The van der Waals surface area contributed by atoms with E-state index in [0.29, 0.717) is 12.5 Å². The van der Waals surface area contributed by atoms with Gasteiger partial charge in [0.1, 0.15) is 6.04 Å².